The number of carbonyl (C=O) groups excluding carboxylic acids is 1. The average Bonchev–Trinajstić information content (AvgIpc) is 3.26. The summed E-state index contributed by atoms with van der Waals surface area (Å²) in [5, 5.41) is 2.09. The van der Waals surface area contributed by atoms with Gasteiger partial charge in [-0.1, -0.05) is 19.9 Å². The molecule has 0 aliphatic carbocycles. The van der Waals surface area contributed by atoms with Gasteiger partial charge in [-0.25, -0.2) is 4.98 Å². The molecule has 0 spiro atoms. The maximum atomic E-state index is 12.8. The van der Waals surface area contributed by atoms with Gasteiger partial charge in [0.2, 0.25) is 5.91 Å². The fourth-order valence-corrected chi connectivity index (χ4v) is 5.08. The fraction of sp³-hybridized carbons (Fsp3) is 0.591. The molecule has 1 N–H and O–H groups in total. The van der Waals surface area contributed by atoms with Crippen LogP contribution in [0.3, 0.4) is 0 Å². The minimum Gasteiger partial charge on any atom is -0.342 e. The molecule has 0 aromatic carbocycles. The third-order valence-corrected chi connectivity index (χ3v) is 7.14. The van der Waals surface area contributed by atoms with Crippen molar-refractivity contribution < 1.29 is 4.79 Å². The molecule has 2 atom stereocenters. The highest BCUT2D eigenvalue weighted by atomic mass is 32.1. The molecule has 0 bridgehead atoms. The largest absolute Gasteiger partial charge is 0.342 e. The number of piperidine rings is 1. The normalized spacial score (nSPS) is 21.0. The predicted octanol–water partition coefficient (Wildman–Crippen LogP) is 3.14. The first-order valence-corrected chi connectivity index (χ1v) is 11.6. The topological polar surface area (TPSA) is 69.3 Å². The Kier molecular flexibility index (Phi) is 6.15. The molecule has 4 heterocycles. The second kappa shape index (κ2) is 8.79. The van der Waals surface area contributed by atoms with Gasteiger partial charge < -0.3 is 9.88 Å². The van der Waals surface area contributed by atoms with Crippen molar-refractivity contribution in [2.45, 2.75) is 58.5 Å². The molecule has 4 rings (SSSR count). The fourth-order valence-electron chi connectivity index (χ4n) is 4.34. The lowest BCUT2D eigenvalue weighted by molar-refractivity contribution is -0.136. The van der Waals surface area contributed by atoms with Gasteiger partial charge >= 0.3 is 0 Å². The molecular weight excluding hydrogens is 384 g/mol. The number of rotatable bonds is 5. The Bertz CT molecular complexity index is 908. The van der Waals surface area contributed by atoms with Crippen LogP contribution in [0.2, 0.25) is 0 Å². The van der Waals surface area contributed by atoms with E-state index in [9.17, 15) is 9.59 Å². The Balaban J connectivity index is 1.48. The Hall–Kier alpha value is -1.99. The highest BCUT2D eigenvalue weighted by molar-refractivity contribution is 7.09. The van der Waals surface area contributed by atoms with Crippen molar-refractivity contribution in [2.75, 3.05) is 19.6 Å². The van der Waals surface area contributed by atoms with E-state index in [0.29, 0.717) is 13.1 Å². The Labute approximate surface area is 176 Å². The van der Waals surface area contributed by atoms with Crippen LogP contribution in [0.4, 0.5) is 0 Å². The minimum absolute atomic E-state index is 0.00810. The van der Waals surface area contributed by atoms with Crippen LogP contribution in [-0.4, -0.2) is 45.3 Å². The number of nitrogens with zero attached hydrogens (tertiary/aromatic N) is 3. The molecule has 29 heavy (non-hydrogen) atoms. The third kappa shape index (κ3) is 4.46. The summed E-state index contributed by atoms with van der Waals surface area (Å²) in [6.45, 7) is 7.97. The molecule has 2 aromatic heterocycles. The maximum absolute atomic E-state index is 12.8. The third-order valence-electron chi connectivity index (χ3n) is 6.28. The first kappa shape index (κ1) is 20.3. The number of hydrogen-bond donors (Lipinski definition) is 1. The van der Waals surface area contributed by atoms with E-state index in [-0.39, 0.29) is 23.3 Å². The SMILES string of the molecule is CCC(C)C(=O)N1CCCC(c2nc3c(c(=O)[nH]2)CN(Cc2cccs2)CC3)C1. The molecule has 7 heteroatoms. The zero-order valence-corrected chi connectivity index (χ0v) is 18.1. The van der Waals surface area contributed by atoms with Gasteiger partial charge in [0.05, 0.1) is 11.3 Å². The van der Waals surface area contributed by atoms with Gasteiger partial charge in [-0.3, -0.25) is 14.5 Å². The van der Waals surface area contributed by atoms with Crippen LogP contribution in [0.5, 0.6) is 0 Å². The number of fused-ring (bicyclic) bond motifs is 1. The lowest BCUT2D eigenvalue weighted by Crippen LogP contribution is -2.43. The van der Waals surface area contributed by atoms with Gasteiger partial charge in [0.15, 0.2) is 0 Å². The molecular formula is C22H30N4O2S. The number of aromatic amines is 1. The maximum Gasteiger partial charge on any atom is 0.255 e. The summed E-state index contributed by atoms with van der Waals surface area (Å²) in [4.78, 5) is 39.0. The van der Waals surface area contributed by atoms with Crippen molar-refractivity contribution in [3.63, 3.8) is 0 Å². The number of aromatic nitrogens is 2. The Morgan fingerprint density at radius 1 is 1.41 bits per heavy atom. The van der Waals surface area contributed by atoms with Crippen LogP contribution in [0, 0.1) is 5.92 Å². The predicted molar refractivity (Wildman–Crippen MR) is 115 cm³/mol. The molecule has 6 nitrogen and oxygen atoms in total. The zero-order chi connectivity index (χ0) is 20.4. The van der Waals surface area contributed by atoms with Crippen molar-refractivity contribution in [3.8, 4) is 0 Å². The van der Waals surface area contributed by atoms with Gasteiger partial charge in [0, 0.05) is 55.9 Å². The summed E-state index contributed by atoms with van der Waals surface area (Å²) >= 11 is 1.75. The van der Waals surface area contributed by atoms with E-state index < -0.39 is 0 Å². The summed E-state index contributed by atoms with van der Waals surface area (Å²) < 4.78 is 0. The van der Waals surface area contributed by atoms with Crippen LogP contribution in [-0.2, 0) is 24.3 Å². The van der Waals surface area contributed by atoms with Gasteiger partial charge in [-0.2, -0.15) is 0 Å². The van der Waals surface area contributed by atoms with Crippen LogP contribution in [0.15, 0.2) is 22.3 Å². The molecule has 1 fully saturated rings. The van der Waals surface area contributed by atoms with E-state index in [2.05, 4.69) is 27.4 Å². The first-order chi connectivity index (χ1) is 14.0. The number of likely N-dealkylation sites (tertiary alicyclic amines) is 1. The number of hydrogen-bond acceptors (Lipinski definition) is 5. The van der Waals surface area contributed by atoms with Gasteiger partial charge in [0.25, 0.3) is 5.56 Å². The summed E-state index contributed by atoms with van der Waals surface area (Å²) in [5.74, 6) is 1.17. The van der Waals surface area contributed by atoms with Gasteiger partial charge in [-0.15, -0.1) is 11.3 Å². The smallest absolute Gasteiger partial charge is 0.255 e. The second-order valence-corrected chi connectivity index (χ2v) is 9.38. The summed E-state index contributed by atoms with van der Waals surface area (Å²) in [7, 11) is 0. The lowest BCUT2D eigenvalue weighted by Gasteiger charge is -2.34. The highest BCUT2D eigenvalue weighted by Crippen LogP contribution is 2.27. The summed E-state index contributed by atoms with van der Waals surface area (Å²) in [6, 6.07) is 4.21. The van der Waals surface area contributed by atoms with Gasteiger partial charge in [0.1, 0.15) is 5.82 Å². The molecule has 2 aliphatic heterocycles. The molecule has 2 aromatic rings. The Morgan fingerprint density at radius 3 is 3.03 bits per heavy atom. The molecule has 0 saturated carbocycles. The molecule has 1 saturated heterocycles. The Morgan fingerprint density at radius 2 is 2.28 bits per heavy atom. The molecule has 0 radical (unpaired) electrons. The van der Waals surface area contributed by atoms with Crippen LogP contribution < -0.4 is 5.56 Å². The monoisotopic (exact) mass is 414 g/mol. The van der Waals surface area contributed by atoms with E-state index >= 15 is 0 Å². The number of thiophene rings is 1. The minimum atomic E-state index is -0.00810. The second-order valence-electron chi connectivity index (χ2n) is 8.35. The van der Waals surface area contributed by atoms with Crippen molar-refractivity contribution in [2.24, 2.45) is 5.92 Å². The first-order valence-electron chi connectivity index (χ1n) is 10.7. The number of H-pyrrole nitrogens is 1. The quantitative estimate of drug-likeness (QED) is 0.816. The molecule has 156 valence electrons. The number of amides is 1. The highest BCUT2D eigenvalue weighted by Gasteiger charge is 2.30. The van der Waals surface area contributed by atoms with Crippen molar-refractivity contribution in [1.29, 1.82) is 0 Å². The average molecular weight is 415 g/mol. The van der Waals surface area contributed by atoms with Crippen LogP contribution >= 0.6 is 11.3 Å². The van der Waals surface area contributed by atoms with E-state index in [4.69, 9.17) is 4.98 Å². The van der Waals surface area contributed by atoms with E-state index in [0.717, 1.165) is 62.4 Å². The molecule has 2 aliphatic rings. The summed E-state index contributed by atoms with van der Waals surface area (Å²) in [6.07, 6.45) is 3.59. The van der Waals surface area contributed by atoms with Crippen molar-refractivity contribution in [1.82, 2.24) is 19.8 Å². The number of nitrogens with one attached hydrogen (secondary N) is 1. The van der Waals surface area contributed by atoms with Crippen LogP contribution in [0.1, 0.15) is 61.0 Å². The van der Waals surface area contributed by atoms with Crippen molar-refractivity contribution >= 4 is 17.2 Å². The lowest BCUT2D eigenvalue weighted by atomic mass is 9.95. The van der Waals surface area contributed by atoms with Crippen LogP contribution in [0.25, 0.3) is 0 Å². The molecule has 2 unspecified atom stereocenters. The number of carbonyl (C=O) groups is 1. The standard InChI is InChI=1S/C22H30N4O2S/c1-3-15(2)22(28)26-9-4-6-16(12-26)20-23-19-8-10-25(13-17-7-5-11-29-17)14-18(19)21(27)24-20/h5,7,11,15-16H,3-4,6,8-10,12-14H2,1-2H3,(H,23,24,27). The zero-order valence-electron chi connectivity index (χ0n) is 17.3. The molecule has 1 amide bonds. The van der Waals surface area contributed by atoms with E-state index in [1.54, 1.807) is 11.3 Å². The van der Waals surface area contributed by atoms with Gasteiger partial charge in [-0.05, 0) is 30.7 Å². The van der Waals surface area contributed by atoms with E-state index in [1.165, 1.54) is 4.88 Å². The van der Waals surface area contributed by atoms with Crippen molar-refractivity contribution in [3.05, 3.63) is 49.8 Å². The summed E-state index contributed by atoms with van der Waals surface area (Å²) in [5.41, 5.74) is 1.74. The van der Waals surface area contributed by atoms with E-state index in [1.807, 2.05) is 18.7 Å².